The molecule has 3 N–H and O–H groups in total. The number of sulfonamides is 1. The second kappa shape index (κ2) is 9.02. The van der Waals surface area contributed by atoms with Gasteiger partial charge in [-0.15, -0.1) is 12.4 Å². The molecule has 0 radical (unpaired) electrons. The van der Waals surface area contributed by atoms with Crippen molar-refractivity contribution in [1.82, 2.24) is 9.62 Å². The number of nitrogens with two attached hydrogens (primary N) is 1. The van der Waals surface area contributed by atoms with Gasteiger partial charge >= 0.3 is 0 Å². The molecular formula is C10H22ClN3O3S2. The van der Waals surface area contributed by atoms with Crippen molar-refractivity contribution in [2.24, 2.45) is 5.73 Å². The lowest BCUT2D eigenvalue weighted by atomic mass is 10.2. The van der Waals surface area contributed by atoms with Crippen molar-refractivity contribution < 1.29 is 13.2 Å². The van der Waals surface area contributed by atoms with Gasteiger partial charge in [0.1, 0.15) is 0 Å². The van der Waals surface area contributed by atoms with Gasteiger partial charge in [-0.05, 0) is 6.92 Å². The molecule has 0 aliphatic carbocycles. The van der Waals surface area contributed by atoms with Crippen LogP contribution in [0.15, 0.2) is 0 Å². The molecule has 0 spiro atoms. The summed E-state index contributed by atoms with van der Waals surface area (Å²) in [6, 6.07) is -0.208. The molecule has 0 bridgehead atoms. The molecule has 0 aromatic rings. The highest BCUT2D eigenvalue weighted by atomic mass is 35.5. The zero-order valence-electron chi connectivity index (χ0n) is 11.0. The summed E-state index contributed by atoms with van der Waals surface area (Å²) >= 11 is 1.76. The van der Waals surface area contributed by atoms with Crippen LogP contribution in [0.3, 0.4) is 0 Å². The van der Waals surface area contributed by atoms with E-state index in [4.69, 9.17) is 5.73 Å². The average Bonchev–Trinajstić information content (AvgIpc) is 2.29. The third-order valence-corrected chi connectivity index (χ3v) is 5.37. The third kappa shape index (κ3) is 7.36. The zero-order valence-corrected chi connectivity index (χ0v) is 13.5. The second-order valence-corrected chi connectivity index (χ2v) is 7.67. The molecule has 1 atom stereocenters. The van der Waals surface area contributed by atoms with Crippen LogP contribution in [-0.2, 0) is 14.8 Å². The number of halogens is 1. The molecule has 1 aliphatic rings. The Morgan fingerprint density at radius 3 is 2.53 bits per heavy atom. The number of hydrogen-bond acceptors (Lipinski definition) is 5. The van der Waals surface area contributed by atoms with Crippen LogP contribution >= 0.6 is 24.2 Å². The van der Waals surface area contributed by atoms with Gasteiger partial charge in [0.05, 0.1) is 5.75 Å². The lowest BCUT2D eigenvalue weighted by molar-refractivity contribution is -0.121. The van der Waals surface area contributed by atoms with Crippen LogP contribution in [0, 0.1) is 0 Å². The van der Waals surface area contributed by atoms with Gasteiger partial charge in [0, 0.05) is 43.6 Å². The van der Waals surface area contributed by atoms with Crippen LogP contribution in [0.1, 0.15) is 13.3 Å². The van der Waals surface area contributed by atoms with Gasteiger partial charge < -0.3 is 11.1 Å². The van der Waals surface area contributed by atoms with Gasteiger partial charge in [-0.3, -0.25) is 4.79 Å². The summed E-state index contributed by atoms with van der Waals surface area (Å²) in [6.45, 7) is 3.03. The predicted molar refractivity (Wildman–Crippen MR) is 81.2 cm³/mol. The number of rotatable bonds is 6. The molecule has 1 rings (SSSR count). The zero-order chi connectivity index (χ0) is 13.6. The monoisotopic (exact) mass is 331 g/mol. The summed E-state index contributed by atoms with van der Waals surface area (Å²) < 4.78 is 25.4. The Balaban J connectivity index is 0.00000324. The minimum atomic E-state index is -3.23. The number of nitrogens with zero attached hydrogens (tertiary/aromatic N) is 1. The van der Waals surface area contributed by atoms with Gasteiger partial charge in [-0.1, -0.05) is 0 Å². The number of carbonyl (C=O) groups is 1. The first-order valence-electron chi connectivity index (χ1n) is 5.99. The SMILES string of the molecule is CC(N)CC(=O)NCCS(=O)(=O)N1CCSCC1.Cl. The smallest absolute Gasteiger partial charge is 0.221 e. The van der Waals surface area contributed by atoms with Gasteiger partial charge in [-0.2, -0.15) is 11.8 Å². The van der Waals surface area contributed by atoms with Gasteiger partial charge in [0.15, 0.2) is 0 Å². The fraction of sp³-hybridized carbons (Fsp3) is 0.900. The molecule has 0 saturated carbocycles. The summed E-state index contributed by atoms with van der Waals surface area (Å²) in [4.78, 5) is 11.3. The van der Waals surface area contributed by atoms with Crippen molar-refractivity contribution in [1.29, 1.82) is 0 Å². The van der Waals surface area contributed by atoms with Crippen LogP contribution < -0.4 is 11.1 Å². The van der Waals surface area contributed by atoms with Crippen molar-refractivity contribution in [3.63, 3.8) is 0 Å². The van der Waals surface area contributed by atoms with E-state index in [-0.39, 0.29) is 43.1 Å². The minimum absolute atomic E-state index is 0. The summed E-state index contributed by atoms with van der Waals surface area (Å²) in [7, 11) is -3.23. The van der Waals surface area contributed by atoms with Crippen molar-refractivity contribution in [2.75, 3.05) is 36.9 Å². The Hall–Kier alpha value is -0.0200. The highest BCUT2D eigenvalue weighted by Crippen LogP contribution is 2.12. The van der Waals surface area contributed by atoms with E-state index in [9.17, 15) is 13.2 Å². The van der Waals surface area contributed by atoms with E-state index in [0.717, 1.165) is 11.5 Å². The van der Waals surface area contributed by atoms with Gasteiger partial charge in [0.25, 0.3) is 0 Å². The average molecular weight is 332 g/mol. The highest BCUT2D eigenvalue weighted by molar-refractivity contribution is 7.99. The van der Waals surface area contributed by atoms with Crippen molar-refractivity contribution in [3.05, 3.63) is 0 Å². The van der Waals surface area contributed by atoms with E-state index in [2.05, 4.69) is 5.32 Å². The second-order valence-electron chi connectivity index (χ2n) is 4.36. The first-order valence-corrected chi connectivity index (χ1v) is 8.76. The highest BCUT2D eigenvalue weighted by Gasteiger charge is 2.23. The van der Waals surface area contributed by atoms with E-state index in [1.54, 1.807) is 18.7 Å². The molecule has 6 nitrogen and oxygen atoms in total. The molecule has 114 valence electrons. The molecule has 0 aromatic heterocycles. The van der Waals surface area contributed by atoms with Gasteiger partial charge in [-0.25, -0.2) is 12.7 Å². The summed E-state index contributed by atoms with van der Waals surface area (Å²) in [6.07, 6.45) is 0.223. The number of nitrogens with one attached hydrogen (secondary N) is 1. The molecule has 1 unspecified atom stereocenters. The maximum Gasteiger partial charge on any atom is 0.221 e. The van der Waals surface area contributed by atoms with Crippen molar-refractivity contribution in [2.45, 2.75) is 19.4 Å². The molecule has 1 saturated heterocycles. The van der Waals surface area contributed by atoms with E-state index >= 15 is 0 Å². The van der Waals surface area contributed by atoms with Crippen LogP contribution in [0.5, 0.6) is 0 Å². The Bertz CT molecular complexity index is 370. The topological polar surface area (TPSA) is 92.5 Å². The van der Waals surface area contributed by atoms with E-state index in [1.807, 2.05) is 0 Å². The fourth-order valence-electron chi connectivity index (χ4n) is 1.64. The van der Waals surface area contributed by atoms with Crippen LogP contribution in [0.2, 0.25) is 0 Å². The molecular weight excluding hydrogens is 310 g/mol. The largest absolute Gasteiger partial charge is 0.355 e. The third-order valence-electron chi connectivity index (χ3n) is 2.55. The summed E-state index contributed by atoms with van der Waals surface area (Å²) in [5.41, 5.74) is 5.48. The number of amides is 1. The van der Waals surface area contributed by atoms with Crippen LogP contribution in [-0.4, -0.2) is 61.6 Å². The first-order chi connectivity index (χ1) is 8.42. The Morgan fingerprint density at radius 1 is 1.42 bits per heavy atom. The molecule has 9 heteroatoms. The molecule has 1 heterocycles. The molecule has 1 amide bonds. The lowest BCUT2D eigenvalue weighted by Gasteiger charge is -2.25. The van der Waals surface area contributed by atoms with E-state index in [1.165, 1.54) is 4.31 Å². The lowest BCUT2D eigenvalue weighted by Crippen LogP contribution is -2.42. The molecule has 19 heavy (non-hydrogen) atoms. The molecule has 1 fully saturated rings. The quantitative estimate of drug-likeness (QED) is 0.693. The fourth-order valence-corrected chi connectivity index (χ4v) is 4.13. The predicted octanol–water partition coefficient (Wildman–Crippen LogP) is -0.360. The summed E-state index contributed by atoms with van der Waals surface area (Å²) in [5.74, 6) is 1.45. The molecule has 0 aromatic carbocycles. The van der Waals surface area contributed by atoms with Crippen molar-refractivity contribution in [3.8, 4) is 0 Å². The number of thioether (sulfide) groups is 1. The first kappa shape index (κ1) is 19.0. The number of hydrogen-bond donors (Lipinski definition) is 2. The normalized spacial score (nSPS) is 18.4. The van der Waals surface area contributed by atoms with E-state index < -0.39 is 10.0 Å². The maximum atomic E-state index is 11.9. The summed E-state index contributed by atoms with van der Waals surface area (Å²) in [5, 5.41) is 2.58. The van der Waals surface area contributed by atoms with Crippen molar-refractivity contribution >= 4 is 40.1 Å². The Morgan fingerprint density at radius 2 is 2.00 bits per heavy atom. The Labute approximate surface area is 125 Å². The Kier molecular flexibility index (Phi) is 9.01. The minimum Gasteiger partial charge on any atom is -0.355 e. The molecule has 1 aliphatic heterocycles. The standard InChI is InChI=1S/C10H21N3O3S2.ClH/c1-9(11)8-10(14)12-2-7-18(15,16)13-3-5-17-6-4-13;/h9H,2-8,11H2,1H3,(H,12,14);1H. The van der Waals surface area contributed by atoms with Crippen LogP contribution in [0.25, 0.3) is 0 Å². The maximum absolute atomic E-state index is 11.9. The van der Waals surface area contributed by atoms with E-state index in [0.29, 0.717) is 13.1 Å². The van der Waals surface area contributed by atoms with Gasteiger partial charge in [0.2, 0.25) is 15.9 Å². The number of carbonyl (C=O) groups excluding carboxylic acids is 1. The van der Waals surface area contributed by atoms with Crippen LogP contribution in [0.4, 0.5) is 0 Å².